The van der Waals surface area contributed by atoms with Crippen molar-refractivity contribution in [1.29, 1.82) is 0 Å². The molecule has 47 heavy (non-hydrogen) atoms. The number of ether oxygens (including phenoxy) is 1. The summed E-state index contributed by atoms with van der Waals surface area (Å²) in [4.78, 5) is 79.6. The predicted octanol–water partition coefficient (Wildman–Crippen LogP) is 3.07. The van der Waals surface area contributed by atoms with Gasteiger partial charge in [0.05, 0.1) is 12.1 Å². The Balaban J connectivity index is 1.86. The van der Waals surface area contributed by atoms with E-state index in [1.54, 1.807) is 71.9 Å². The normalized spacial score (nSPS) is 22.1. The third-order valence-corrected chi connectivity index (χ3v) is 8.59. The molecule has 4 N–H and O–H groups in total. The second-order valence-electron chi connectivity index (χ2n) is 13.7. The monoisotopic (exact) mass is 664 g/mol. The van der Waals surface area contributed by atoms with Crippen molar-refractivity contribution in [3.63, 3.8) is 0 Å². The molecule has 1 aliphatic heterocycles. The maximum absolute atomic E-state index is 15.0. The van der Waals surface area contributed by atoms with Crippen LogP contribution < -0.4 is 16.0 Å². The van der Waals surface area contributed by atoms with Gasteiger partial charge in [0.25, 0.3) is 11.8 Å². The maximum atomic E-state index is 15.0. The maximum Gasteiger partial charge on any atom is 0.408 e. The Morgan fingerprint density at radius 3 is 2.21 bits per heavy atom. The highest BCUT2D eigenvalue weighted by Crippen LogP contribution is 2.51. The predicted molar refractivity (Wildman–Crippen MR) is 166 cm³/mol. The van der Waals surface area contributed by atoms with Crippen molar-refractivity contribution >= 4 is 35.6 Å². The lowest BCUT2D eigenvalue weighted by Crippen LogP contribution is -2.60. The lowest BCUT2D eigenvalue weighted by atomic mass is 9.85. The third kappa shape index (κ3) is 9.25. The van der Waals surface area contributed by atoms with Crippen LogP contribution in [0.5, 0.6) is 0 Å². The Morgan fingerprint density at radius 1 is 1.02 bits per heavy atom. The molecular formula is C33H46F2N4O8. The van der Waals surface area contributed by atoms with E-state index in [9.17, 15) is 33.9 Å². The smallest absolute Gasteiger partial charge is 0.408 e. The average molecular weight is 665 g/mol. The molecule has 2 aliphatic rings. The summed E-state index contributed by atoms with van der Waals surface area (Å²) in [5.74, 6) is -10.8. The van der Waals surface area contributed by atoms with Crippen LogP contribution in [0.15, 0.2) is 30.3 Å². The number of nitrogens with zero attached hydrogens (tertiary/aromatic N) is 1. The van der Waals surface area contributed by atoms with Crippen LogP contribution >= 0.6 is 0 Å². The van der Waals surface area contributed by atoms with E-state index in [4.69, 9.17) is 4.74 Å². The molecule has 1 aliphatic carbocycles. The van der Waals surface area contributed by atoms with Crippen LogP contribution in [-0.4, -0.2) is 88.3 Å². The summed E-state index contributed by atoms with van der Waals surface area (Å²) in [6.07, 6.45) is -1.68. The van der Waals surface area contributed by atoms with Gasteiger partial charge in [-0.3, -0.25) is 19.2 Å². The highest BCUT2D eigenvalue weighted by atomic mass is 19.3. The zero-order valence-corrected chi connectivity index (χ0v) is 27.7. The van der Waals surface area contributed by atoms with E-state index in [1.165, 1.54) is 0 Å². The van der Waals surface area contributed by atoms with Crippen LogP contribution in [-0.2, 0) is 35.1 Å². The molecule has 6 atom stereocenters. The largest absolute Gasteiger partial charge is 0.480 e. The summed E-state index contributed by atoms with van der Waals surface area (Å²) in [7, 11) is 0. The number of alkyl halides is 2. The first kappa shape index (κ1) is 37.4. The van der Waals surface area contributed by atoms with Gasteiger partial charge in [0, 0.05) is 25.3 Å². The standard InChI is InChI=1S/C33H46F2N4O8/c1-7-11-22(25(40)28(42)37-23(30(44)45)16-19-12-9-8-10-13-19)36-27(41)24-20-14-15-33(34,35)21(20)17-39(24)29(43)26(32(4,5)6)38-31(46)47-18(2)3/h8-10,12-13,18,20-24,26H,7,11,14-17H2,1-6H3,(H,36,41)(H,37,42)(H,38,46)(H,44,45)/t20-,21-,22+,23-,24-,26+/m0/s1. The molecule has 0 bridgehead atoms. The molecule has 12 nitrogen and oxygen atoms in total. The number of ketones is 1. The Morgan fingerprint density at radius 2 is 1.66 bits per heavy atom. The van der Waals surface area contributed by atoms with Crippen LogP contribution in [0, 0.1) is 17.3 Å². The Kier molecular flexibility index (Phi) is 12.1. The summed E-state index contributed by atoms with van der Waals surface area (Å²) < 4.78 is 35.2. The second-order valence-corrected chi connectivity index (χ2v) is 13.7. The summed E-state index contributed by atoms with van der Waals surface area (Å²) >= 11 is 0. The quantitative estimate of drug-likeness (QED) is 0.233. The SMILES string of the molecule is CCC[C@@H](NC(=O)[C@@H]1[C@H]2CCC(F)(F)[C@H]2CN1C(=O)[C@@H](NC(=O)OC(C)C)C(C)(C)C)C(=O)C(=O)N[C@@H](Cc1ccccc1)C(=O)O. The van der Waals surface area contributed by atoms with Crippen LogP contribution in [0.4, 0.5) is 13.6 Å². The number of fused-ring (bicyclic) bond motifs is 1. The van der Waals surface area contributed by atoms with E-state index in [1.807, 2.05) is 0 Å². The minimum Gasteiger partial charge on any atom is -0.480 e. The number of nitrogens with one attached hydrogen (secondary N) is 3. The van der Waals surface area contributed by atoms with Crippen LogP contribution in [0.2, 0.25) is 0 Å². The topological polar surface area (TPSA) is 171 Å². The molecule has 1 saturated carbocycles. The summed E-state index contributed by atoms with van der Waals surface area (Å²) in [6.45, 7) is 9.50. The van der Waals surface area contributed by atoms with Crippen LogP contribution in [0.3, 0.4) is 0 Å². The van der Waals surface area contributed by atoms with Crippen LogP contribution in [0.25, 0.3) is 0 Å². The fraction of sp³-hybridized carbons (Fsp3) is 0.636. The van der Waals surface area contributed by atoms with E-state index < -0.39 is 102 Å². The zero-order chi connectivity index (χ0) is 35.3. The number of Topliss-reactive ketones (excluding diaryl/α,β-unsaturated/α-hetero) is 1. The molecule has 2 fully saturated rings. The Hall–Kier alpha value is -4.10. The van der Waals surface area contributed by atoms with E-state index in [-0.39, 0.29) is 19.3 Å². The fourth-order valence-corrected chi connectivity index (χ4v) is 6.26. The number of benzene rings is 1. The van der Waals surface area contributed by atoms with Gasteiger partial charge in [-0.1, -0.05) is 64.4 Å². The van der Waals surface area contributed by atoms with Gasteiger partial charge in [0.15, 0.2) is 0 Å². The molecule has 4 amide bonds. The number of carboxylic acid groups (broad SMARTS) is 1. The molecule has 3 rings (SSSR count). The van der Waals surface area contributed by atoms with Gasteiger partial charge in [0.2, 0.25) is 17.6 Å². The van der Waals surface area contributed by atoms with Gasteiger partial charge in [-0.25, -0.2) is 18.4 Å². The Bertz CT molecular complexity index is 1330. The average Bonchev–Trinajstić information content (AvgIpc) is 3.51. The highest BCUT2D eigenvalue weighted by Gasteiger charge is 2.61. The highest BCUT2D eigenvalue weighted by molar-refractivity contribution is 6.38. The van der Waals surface area contributed by atoms with Crippen molar-refractivity contribution in [2.24, 2.45) is 17.3 Å². The van der Waals surface area contributed by atoms with Gasteiger partial charge in [-0.2, -0.15) is 0 Å². The number of rotatable bonds is 13. The third-order valence-electron chi connectivity index (χ3n) is 8.59. The number of aliphatic carboxylic acids is 1. The second kappa shape index (κ2) is 15.2. The lowest BCUT2D eigenvalue weighted by Gasteiger charge is -2.36. The van der Waals surface area contributed by atoms with Crippen molar-refractivity contribution in [1.82, 2.24) is 20.9 Å². The molecule has 1 aromatic rings. The first-order valence-electron chi connectivity index (χ1n) is 15.9. The van der Waals surface area contributed by atoms with Crippen molar-refractivity contribution in [2.75, 3.05) is 6.54 Å². The minimum atomic E-state index is -3.15. The number of amides is 4. The van der Waals surface area contributed by atoms with Crippen molar-refractivity contribution < 1.29 is 47.4 Å². The number of carboxylic acids is 1. The molecule has 260 valence electrons. The molecule has 0 unspecified atom stereocenters. The molecule has 14 heteroatoms. The number of hydrogen-bond donors (Lipinski definition) is 4. The number of carbonyl (C=O) groups is 6. The number of likely N-dealkylation sites (tertiary alicyclic amines) is 1. The van der Waals surface area contributed by atoms with Gasteiger partial charge >= 0.3 is 12.1 Å². The van der Waals surface area contributed by atoms with Crippen LogP contribution in [0.1, 0.15) is 72.8 Å². The Labute approximate surface area is 273 Å². The molecule has 0 aromatic heterocycles. The molecule has 1 saturated heterocycles. The van der Waals surface area contributed by atoms with E-state index in [0.717, 1.165) is 4.90 Å². The number of carbonyl (C=O) groups excluding carboxylic acids is 5. The first-order chi connectivity index (χ1) is 21.9. The molecule has 1 aromatic carbocycles. The number of hydrogen-bond acceptors (Lipinski definition) is 7. The molecular weight excluding hydrogens is 618 g/mol. The first-order valence-corrected chi connectivity index (χ1v) is 15.9. The number of halogens is 2. The molecule has 0 spiro atoms. The van der Waals surface area contributed by atoms with Crippen molar-refractivity contribution in [3.8, 4) is 0 Å². The van der Waals surface area contributed by atoms with E-state index in [0.29, 0.717) is 12.0 Å². The summed E-state index contributed by atoms with van der Waals surface area (Å²) in [5, 5.41) is 16.9. The lowest BCUT2D eigenvalue weighted by molar-refractivity contribution is -0.146. The van der Waals surface area contributed by atoms with Crippen molar-refractivity contribution in [2.45, 2.75) is 110 Å². The van der Waals surface area contributed by atoms with Gasteiger partial charge in [-0.15, -0.1) is 0 Å². The van der Waals surface area contributed by atoms with Gasteiger partial charge < -0.3 is 30.7 Å². The van der Waals surface area contributed by atoms with E-state index in [2.05, 4.69) is 16.0 Å². The van der Waals surface area contributed by atoms with E-state index >= 15 is 8.78 Å². The summed E-state index contributed by atoms with van der Waals surface area (Å²) in [5.41, 5.74) is -0.298. The minimum absolute atomic E-state index is 0.00739. The fourth-order valence-electron chi connectivity index (χ4n) is 6.26. The zero-order valence-electron chi connectivity index (χ0n) is 27.7. The molecule has 1 heterocycles. The number of alkyl carbamates (subject to hydrolysis) is 1. The summed E-state index contributed by atoms with van der Waals surface area (Å²) in [6, 6.07) is 3.00. The van der Waals surface area contributed by atoms with Crippen molar-refractivity contribution in [3.05, 3.63) is 35.9 Å². The van der Waals surface area contributed by atoms with Gasteiger partial charge in [0.1, 0.15) is 18.1 Å². The van der Waals surface area contributed by atoms with Gasteiger partial charge in [-0.05, 0) is 43.6 Å². The molecule has 0 radical (unpaired) electrons.